The predicted octanol–water partition coefficient (Wildman–Crippen LogP) is 5.25. The Morgan fingerprint density at radius 2 is 1.86 bits per heavy atom. The molecule has 0 radical (unpaired) electrons. The number of benzene rings is 2. The molecule has 1 aromatic heterocycles. The van der Waals surface area contributed by atoms with Gasteiger partial charge >= 0.3 is 0 Å². The maximum atomic E-state index is 5.83. The number of halogens is 2. The van der Waals surface area contributed by atoms with Gasteiger partial charge in [-0.25, -0.2) is 0 Å². The molecule has 9 heteroatoms. The third-order valence-electron chi connectivity index (χ3n) is 3.91. The van der Waals surface area contributed by atoms with Crippen LogP contribution in [0.4, 0.5) is 0 Å². The molecule has 0 bridgehead atoms. The Hall–Kier alpha value is -1.42. The molecule has 0 aliphatic heterocycles. The van der Waals surface area contributed by atoms with Crippen LogP contribution < -0.4 is 10.1 Å². The summed E-state index contributed by atoms with van der Waals surface area (Å²) in [4.78, 5) is 0. The SMILES string of the molecule is CC(C)Oc1c(Br)cc(CNCCCSc2nnnn2-c2ccccc2)cc1Br. The van der Waals surface area contributed by atoms with E-state index in [1.54, 1.807) is 16.4 Å². The van der Waals surface area contributed by atoms with Gasteiger partial charge in [0.05, 0.1) is 20.7 Å². The van der Waals surface area contributed by atoms with Crippen LogP contribution in [0.25, 0.3) is 5.69 Å². The summed E-state index contributed by atoms with van der Waals surface area (Å²) in [6.45, 7) is 5.75. The van der Waals surface area contributed by atoms with Gasteiger partial charge in [0.2, 0.25) is 5.16 Å². The first-order chi connectivity index (χ1) is 14.0. The highest BCUT2D eigenvalue weighted by Gasteiger charge is 2.11. The summed E-state index contributed by atoms with van der Waals surface area (Å²) in [7, 11) is 0. The molecule has 0 amide bonds. The van der Waals surface area contributed by atoms with Gasteiger partial charge in [-0.05, 0) is 98.9 Å². The lowest BCUT2D eigenvalue weighted by molar-refractivity contribution is 0.239. The zero-order chi connectivity index (χ0) is 20.6. The smallest absolute Gasteiger partial charge is 0.214 e. The summed E-state index contributed by atoms with van der Waals surface area (Å²) in [5.74, 6) is 1.78. The third kappa shape index (κ3) is 6.53. The number of ether oxygens (including phenoxy) is 1. The highest BCUT2D eigenvalue weighted by atomic mass is 79.9. The van der Waals surface area contributed by atoms with Crippen molar-refractivity contribution >= 4 is 43.6 Å². The number of para-hydroxylation sites is 1. The molecule has 6 nitrogen and oxygen atoms in total. The first-order valence-electron chi connectivity index (χ1n) is 9.36. The van der Waals surface area contributed by atoms with E-state index >= 15 is 0 Å². The van der Waals surface area contributed by atoms with Crippen molar-refractivity contribution in [2.24, 2.45) is 0 Å². The lowest BCUT2D eigenvalue weighted by Crippen LogP contribution is -2.15. The number of hydrogen-bond acceptors (Lipinski definition) is 6. The molecule has 0 atom stereocenters. The van der Waals surface area contributed by atoms with Crippen LogP contribution in [-0.4, -0.2) is 38.6 Å². The highest BCUT2D eigenvalue weighted by Crippen LogP contribution is 2.35. The molecule has 0 aliphatic rings. The second-order valence-electron chi connectivity index (χ2n) is 6.64. The number of hydrogen-bond donors (Lipinski definition) is 1. The molecule has 3 rings (SSSR count). The van der Waals surface area contributed by atoms with Crippen LogP contribution in [0.1, 0.15) is 25.8 Å². The summed E-state index contributed by atoms with van der Waals surface area (Å²) >= 11 is 8.86. The van der Waals surface area contributed by atoms with Crippen molar-refractivity contribution in [1.29, 1.82) is 0 Å². The minimum absolute atomic E-state index is 0.131. The summed E-state index contributed by atoms with van der Waals surface area (Å²) < 4.78 is 9.52. The normalized spacial score (nSPS) is 11.2. The Morgan fingerprint density at radius 3 is 2.55 bits per heavy atom. The van der Waals surface area contributed by atoms with Crippen molar-refractivity contribution in [3.05, 3.63) is 57.0 Å². The average molecular weight is 541 g/mol. The van der Waals surface area contributed by atoms with E-state index in [1.807, 2.05) is 44.2 Å². The molecule has 0 fully saturated rings. The van der Waals surface area contributed by atoms with Crippen molar-refractivity contribution in [2.75, 3.05) is 12.3 Å². The average Bonchev–Trinajstić information content (AvgIpc) is 3.16. The van der Waals surface area contributed by atoms with Crippen LogP contribution in [-0.2, 0) is 6.54 Å². The quantitative estimate of drug-likeness (QED) is 0.280. The molecule has 0 saturated heterocycles. The first-order valence-corrected chi connectivity index (χ1v) is 11.9. The third-order valence-corrected chi connectivity index (χ3v) is 6.10. The summed E-state index contributed by atoms with van der Waals surface area (Å²) in [5, 5.41) is 16.3. The molecule has 0 unspecified atom stereocenters. The summed E-state index contributed by atoms with van der Waals surface area (Å²) in [6, 6.07) is 14.1. The Labute approximate surface area is 192 Å². The van der Waals surface area contributed by atoms with Gasteiger partial charge in [-0.1, -0.05) is 30.0 Å². The lowest BCUT2D eigenvalue weighted by atomic mass is 10.2. The van der Waals surface area contributed by atoms with Gasteiger partial charge in [-0.2, -0.15) is 4.68 Å². The van der Waals surface area contributed by atoms with Crippen LogP contribution in [0.15, 0.2) is 56.6 Å². The van der Waals surface area contributed by atoms with Crippen LogP contribution in [0.5, 0.6) is 5.75 Å². The van der Waals surface area contributed by atoms with Crippen molar-refractivity contribution in [2.45, 2.75) is 38.1 Å². The van der Waals surface area contributed by atoms with Crippen LogP contribution in [0, 0.1) is 0 Å². The second-order valence-corrected chi connectivity index (χ2v) is 9.41. The number of rotatable bonds is 10. The zero-order valence-electron chi connectivity index (χ0n) is 16.3. The predicted molar refractivity (Wildman–Crippen MR) is 124 cm³/mol. The van der Waals surface area contributed by atoms with Crippen molar-refractivity contribution in [3.8, 4) is 11.4 Å². The van der Waals surface area contributed by atoms with Crippen molar-refractivity contribution in [1.82, 2.24) is 25.5 Å². The van der Waals surface area contributed by atoms with E-state index in [4.69, 9.17) is 4.74 Å². The monoisotopic (exact) mass is 539 g/mol. The van der Waals surface area contributed by atoms with Gasteiger partial charge in [0.1, 0.15) is 5.75 Å². The zero-order valence-corrected chi connectivity index (χ0v) is 20.3. The van der Waals surface area contributed by atoms with Gasteiger partial charge < -0.3 is 10.1 Å². The molecular weight excluding hydrogens is 518 g/mol. The van der Waals surface area contributed by atoms with Crippen LogP contribution >= 0.6 is 43.6 Å². The van der Waals surface area contributed by atoms with Crippen LogP contribution in [0.3, 0.4) is 0 Å². The summed E-state index contributed by atoms with van der Waals surface area (Å²) in [6.07, 6.45) is 1.15. The topological polar surface area (TPSA) is 64.9 Å². The number of tetrazole rings is 1. The number of thioether (sulfide) groups is 1. The van der Waals surface area contributed by atoms with Crippen molar-refractivity contribution in [3.63, 3.8) is 0 Å². The summed E-state index contributed by atoms with van der Waals surface area (Å²) in [5.41, 5.74) is 2.17. The molecule has 0 spiro atoms. The maximum Gasteiger partial charge on any atom is 0.214 e. The molecule has 0 aliphatic carbocycles. The van der Waals surface area contributed by atoms with Gasteiger partial charge in [-0.3, -0.25) is 0 Å². The Morgan fingerprint density at radius 1 is 1.14 bits per heavy atom. The minimum Gasteiger partial charge on any atom is -0.489 e. The molecule has 0 saturated carbocycles. The maximum absolute atomic E-state index is 5.83. The van der Waals surface area contributed by atoms with Gasteiger partial charge in [0.25, 0.3) is 0 Å². The van der Waals surface area contributed by atoms with E-state index in [-0.39, 0.29) is 6.10 Å². The highest BCUT2D eigenvalue weighted by molar-refractivity contribution is 9.11. The number of aromatic nitrogens is 4. The van der Waals surface area contributed by atoms with E-state index in [2.05, 4.69) is 64.8 Å². The lowest BCUT2D eigenvalue weighted by Gasteiger charge is -2.15. The Kier molecular flexibility index (Phi) is 8.53. The Balaban J connectivity index is 1.43. The molecule has 154 valence electrons. The molecule has 1 heterocycles. The standard InChI is InChI=1S/C20H23Br2N5OS/c1-14(2)28-19-17(21)11-15(12-18(19)22)13-23-9-6-10-29-20-24-25-26-27(20)16-7-4-3-5-8-16/h3-5,7-8,11-12,14,23H,6,9-10,13H2,1-2H3. The second kappa shape index (κ2) is 11.1. The number of nitrogens with one attached hydrogen (secondary N) is 1. The van der Waals surface area contributed by atoms with E-state index in [1.165, 1.54) is 5.56 Å². The van der Waals surface area contributed by atoms with E-state index < -0.39 is 0 Å². The van der Waals surface area contributed by atoms with E-state index in [0.29, 0.717) is 0 Å². The minimum atomic E-state index is 0.131. The van der Waals surface area contributed by atoms with Gasteiger partial charge in [-0.15, -0.1) is 5.10 Å². The van der Waals surface area contributed by atoms with Crippen molar-refractivity contribution < 1.29 is 4.74 Å². The molecule has 29 heavy (non-hydrogen) atoms. The fraction of sp³-hybridized carbons (Fsp3) is 0.350. The Bertz CT molecular complexity index is 897. The number of nitrogens with zero attached hydrogens (tertiary/aromatic N) is 4. The molecule has 3 aromatic rings. The molecule has 1 N–H and O–H groups in total. The van der Waals surface area contributed by atoms with E-state index in [0.717, 1.165) is 50.8 Å². The largest absolute Gasteiger partial charge is 0.489 e. The molecular formula is C20H23Br2N5OS. The fourth-order valence-corrected chi connectivity index (χ4v) is 4.95. The van der Waals surface area contributed by atoms with Gasteiger partial charge in [0.15, 0.2) is 0 Å². The molecule has 2 aromatic carbocycles. The van der Waals surface area contributed by atoms with Crippen LogP contribution in [0.2, 0.25) is 0 Å². The van der Waals surface area contributed by atoms with E-state index in [9.17, 15) is 0 Å². The first kappa shape index (κ1) is 22.3. The fourth-order valence-electron chi connectivity index (χ4n) is 2.66. The van der Waals surface area contributed by atoms with Gasteiger partial charge in [0, 0.05) is 12.3 Å².